The molecule has 0 aromatic carbocycles. The van der Waals surface area contributed by atoms with Gasteiger partial charge in [0.15, 0.2) is 0 Å². The van der Waals surface area contributed by atoms with E-state index in [2.05, 4.69) is 10.3 Å². The van der Waals surface area contributed by atoms with Gasteiger partial charge < -0.3 is 10.2 Å². The van der Waals surface area contributed by atoms with Crippen LogP contribution < -0.4 is 5.32 Å². The van der Waals surface area contributed by atoms with Gasteiger partial charge in [-0.05, 0) is 12.1 Å². The molecule has 0 aliphatic carbocycles. The maximum Gasteiger partial charge on any atom is 0.223 e. The van der Waals surface area contributed by atoms with E-state index < -0.39 is 0 Å². The van der Waals surface area contributed by atoms with Gasteiger partial charge in [0.25, 0.3) is 0 Å². The summed E-state index contributed by atoms with van der Waals surface area (Å²) in [6.07, 6.45) is 4.17. The molecular formula is C12H17N3OS. The first-order valence-electron chi connectivity index (χ1n) is 5.87. The molecular weight excluding hydrogens is 234 g/mol. The first-order chi connectivity index (χ1) is 8.36. The Bertz CT molecular complexity index is 352. The van der Waals surface area contributed by atoms with E-state index in [0.717, 1.165) is 31.9 Å². The maximum absolute atomic E-state index is 11.9. The normalized spacial score (nSPS) is 15.9. The van der Waals surface area contributed by atoms with Crippen molar-refractivity contribution in [1.29, 1.82) is 0 Å². The smallest absolute Gasteiger partial charge is 0.223 e. The number of nitrogens with one attached hydrogen (secondary N) is 1. The van der Waals surface area contributed by atoms with Gasteiger partial charge in [0.05, 0.1) is 0 Å². The van der Waals surface area contributed by atoms with Crippen LogP contribution in [-0.2, 0) is 4.79 Å². The summed E-state index contributed by atoms with van der Waals surface area (Å²) >= 11 is 1.71. The Morgan fingerprint density at radius 2 is 2.06 bits per heavy atom. The number of aromatic nitrogens is 1. The number of hydrogen-bond acceptors (Lipinski definition) is 4. The van der Waals surface area contributed by atoms with Gasteiger partial charge in [-0.25, -0.2) is 0 Å². The number of piperazine rings is 1. The minimum absolute atomic E-state index is 0.271. The molecule has 0 spiro atoms. The molecule has 0 unspecified atom stereocenters. The molecule has 1 saturated heterocycles. The molecule has 1 aliphatic heterocycles. The summed E-state index contributed by atoms with van der Waals surface area (Å²) in [4.78, 5) is 18.9. The zero-order valence-corrected chi connectivity index (χ0v) is 10.6. The zero-order chi connectivity index (χ0) is 11.9. The van der Waals surface area contributed by atoms with Crippen LogP contribution in [0.4, 0.5) is 0 Å². The Morgan fingerprint density at radius 1 is 1.35 bits per heavy atom. The molecule has 2 rings (SSSR count). The Balaban J connectivity index is 1.69. The summed E-state index contributed by atoms with van der Waals surface area (Å²) in [6, 6.07) is 3.94. The topological polar surface area (TPSA) is 45.2 Å². The Kier molecular flexibility index (Phi) is 4.82. The van der Waals surface area contributed by atoms with Crippen molar-refractivity contribution in [1.82, 2.24) is 15.2 Å². The molecule has 0 bridgehead atoms. The van der Waals surface area contributed by atoms with Crippen molar-refractivity contribution in [2.45, 2.75) is 11.3 Å². The molecule has 0 radical (unpaired) electrons. The van der Waals surface area contributed by atoms with Gasteiger partial charge in [-0.1, -0.05) is 0 Å². The second-order valence-electron chi connectivity index (χ2n) is 3.91. The lowest BCUT2D eigenvalue weighted by molar-refractivity contribution is -0.131. The van der Waals surface area contributed by atoms with Crippen LogP contribution in [0.1, 0.15) is 6.42 Å². The molecule has 1 aromatic rings. The van der Waals surface area contributed by atoms with Gasteiger partial charge in [-0.3, -0.25) is 9.78 Å². The van der Waals surface area contributed by atoms with Crippen molar-refractivity contribution in [3.8, 4) is 0 Å². The predicted molar refractivity (Wildman–Crippen MR) is 69.0 cm³/mol. The fourth-order valence-electron chi connectivity index (χ4n) is 1.76. The van der Waals surface area contributed by atoms with E-state index in [9.17, 15) is 4.79 Å². The molecule has 1 amide bonds. The average Bonchev–Trinajstić information content (AvgIpc) is 2.41. The minimum Gasteiger partial charge on any atom is -0.340 e. The average molecular weight is 251 g/mol. The quantitative estimate of drug-likeness (QED) is 0.811. The summed E-state index contributed by atoms with van der Waals surface area (Å²) in [7, 11) is 0. The highest BCUT2D eigenvalue weighted by Gasteiger charge is 2.15. The summed E-state index contributed by atoms with van der Waals surface area (Å²) in [5, 5.41) is 3.25. The largest absolute Gasteiger partial charge is 0.340 e. The third-order valence-corrected chi connectivity index (χ3v) is 3.72. The number of hydrogen-bond donors (Lipinski definition) is 1. The molecule has 92 valence electrons. The highest BCUT2D eigenvalue weighted by molar-refractivity contribution is 7.99. The predicted octanol–water partition coefficient (Wildman–Crippen LogP) is 0.996. The third-order valence-electron chi connectivity index (χ3n) is 2.70. The molecule has 5 heteroatoms. The number of rotatable bonds is 4. The Morgan fingerprint density at radius 3 is 2.76 bits per heavy atom. The molecule has 1 aliphatic rings. The van der Waals surface area contributed by atoms with Gasteiger partial charge in [0.2, 0.25) is 5.91 Å². The monoisotopic (exact) mass is 251 g/mol. The van der Waals surface area contributed by atoms with Crippen molar-refractivity contribution in [2.24, 2.45) is 0 Å². The van der Waals surface area contributed by atoms with Gasteiger partial charge in [-0.15, -0.1) is 11.8 Å². The molecule has 17 heavy (non-hydrogen) atoms. The molecule has 1 aromatic heterocycles. The number of pyridine rings is 1. The van der Waals surface area contributed by atoms with Crippen molar-refractivity contribution in [3.63, 3.8) is 0 Å². The lowest BCUT2D eigenvalue weighted by atomic mass is 10.3. The Hall–Kier alpha value is -1.07. The number of nitrogens with zero attached hydrogens (tertiary/aromatic N) is 2. The van der Waals surface area contributed by atoms with Gasteiger partial charge in [0, 0.05) is 55.6 Å². The molecule has 0 atom stereocenters. The molecule has 1 N–H and O–H groups in total. The van der Waals surface area contributed by atoms with Crippen LogP contribution in [0, 0.1) is 0 Å². The van der Waals surface area contributed by atoms with E-state index >= 15 is 0 Å². The fraction of sp³-hybridized carbons (Fsp3) is 0.500. The zero-order valence-electron chi connectivity index (χ0n) is 9.76. The van der Waals surface area contributed by atoms with Crippen LogP contribution in [0.2, 0.25) is 0 Å². The van der Waals surface area contributed by atoms with Gasteiger partial charge in [0.1, 0.15) is 0 Å². The Labute approximate surface area is 106 Å². The van der Waals surface area contributed by atoms with Crippen molar-refractivity contribution >= 4 is 17.7 Å². The van der Waals surface area contributed by atoms with Crippen molar-refractivity contribution < 1.29 is 4.79 Å². The number of carbonyl (C=O) groups is 1. The standard InChI is InChI=1S/C12H17N3OS/c16-12(15-8-6-14-7-9-15)3-10-17-11-1-4-13-5-2-11/h1-2,4-5,14H,3,6-10H2. The highest BCUT2D eigenvalue weighted by Crippen LogP contribution is 2.17. The first-order valence-corrected chi connectivity index (χ1v) is 6.86. The highest BCUT2D eigenvalue weighted by atomic mass is 32.2. The number of amides is 1. The first kappa shape index (κ1) is 12.4. The molecule has 0 saturated carbocycles. The van der Waals surface area contributed by atoms with Crippen LogP contribution in [-0.4, -0.2) is 47.7 Å². The lowest BCUT2D eigenvalue weighted by Crippen LogP contribution is -2.46. The second-order valence-corrected chi connectivity index (χ2v) is 5.08. The van der Waals surface area contributed by atoms with E-state index in [-0.39, 0.29) is 5.91 Å². The van der Waals surface area contributed by atoms with E-state index in [0.29, 0.717) is 6.42 Å². The molecule has 1 fully saturated rings. The number of thioether (sulfide) groups is 1. The van der Waals surface area contributed by atoms with Crippen LogP contribution in [0.15, 0.2) is 29.4 Å². The van der Waals surface area contributed by atoms with Gasteiger partial charge >= 0.3 is 0 Å². The summed E-state index contributed by atoms with van der Waals surface area (Å²) in [5.74, 6) is 1.11. The van der Waals surface area contributed by atoms with Crippen LogP contribution in [0.25, 0.3) is 0 Å². The van der Waals surface area contributed by atoms with Crippen molar-refractivity contribution in [3.05, 3.63) is 24.5 Å². The lowest BCUT2D eigenvalue weighted by Gasteiger charge is -2.27. The van der Waals surface area contributed by atoms with E-state index in [1.807, 2.05) is 17.0 Å². The van der Waals surface area contributed by atoms with Gasteiger partial charge in [-0.2, -0.15) is 0 Å². The van der Waals surface area contributed by atoms with Crippen LogP contribution in [0.5, 0.6) is 0 Å². The SMILES string of the molecule is O=C(CCSc1ccncc1)N1CCNCC1. The maximum atomic E-state index is 11.9. The summed E-state index contributed by atoms with van der Waals surface area (Å²) in [5.41, 5.74) is 0. The van der Waals surface area contributed by atoms with Crippen LogP contribution in [0.3, 0.4) is 0 Å². The van der Waals surface area contributed by atoms with Crippen molar-refractivity contribution in [2.75, 3.05) is 31.9 Å². The third kappa shape index (κ3) is 4.02. The number of carbonyl (C=O) groups excluding carboxylic acids is 1. The fourth-order valence-corrected chi connectivity index (χ4v) is 2.59. The van der Waals surface area contributed by atoms with E-state index in [1.54, 1.807) is 24.2 Å². The van der Waals surface area contributed by atoms with E-state index in [4.69, 9.17) is 0 Å². The summed E-state index contributed by atoms with van der Waals surface area (Å²) in [6.45, 7) is 3.53. The summed E-state index contributed by atoms with van der Waals surface area (Å²) < 4.78 is 0. The van der Waals surface area contributed by atoms with Crippen LogP contribution >= 0.6 is 11.8 Å². The second kappa shape index (κ2) is 6.61. The molecule has 4 nitrogen and oxygen atoms in total. The molecule has 2 heterocycles. The minimum atomic E-state index is 0.271. The van der Waals surface area contributed by atoms with E-state index in [1.165, 1.54) is 4.90 Å².